The minimum atomic E-state index is 0.298. The molecule has 0 saturated heterocycles. The quantitative estimate of drug-likeness (QED) is 0.460. The molecule has 0 fully saturated rings. The fraction of sp³-hybridized carbons (Fsp3) is 0. The Morgan fingerprint density at radius 1 is 1.33 bits per heavy atom. The van der Waals surface area contributed by atoms with Gasteiger partial charge >= 0.3 is 0 Å². The zero-order valence-electron chi connectivity index (χ0n) is 4.50. The van der Waals surface area contributed by atoms with Crippen molar-refractivity contribution in [1.29, 1.82) is 10.5 Å². The fourth-order valence-electron chi connectivity index (χ4n) is 0.483. The zero-order valence-corrected chi connectivity index (χ0v) is 4.50. The Morgan fingerprint density at radius 2 is 2.11 bits per heavy atom. The van der Waals surface area contributed by atoms with E-state index in [1.807, 2.05) is 12.1 Å². The van der Waals surface area contributed by atoms with Crippen LogP contribution in [-0.4, -0.2) is 0 Å². The second-order valence-corrected chi connectivity index (χ2v) is 1.47. The van der Waals surface area contributed by atoms with Crippen molar-refractivity contribution in [2.45, 2.75) is 0 Å². The second kappa shape index (κ2) is 2.02. The van der Waals surface area contributed by atoms with Crippen molar-refractivity contribution in [2.75, 3.05) is 0 Å². The molecule has 41 valence electrons. The third-order valence-corrected chi connectivity index (χ3v) is 0.879. The standard InChI is InChI=1S/C6H2N3/c7-2-5-1-6(3-8)9-4-5/h1,4H. The average Bonchev–Trinajstić information content (AvgIpc) is 2.34. The molecule has 0 aliphatic carbocycles. The summed E-state index contributed by atoms with van der Waals surface area (Å²) in [6.07, 6.45) is 2.82. The van der Waals surface area contributed by atoms with Gasteiger partial charge in [0.25, 0.3) is 0 Å². The van der Waals surface area contributed by atoms with Crippen molar-refractivity contribution >= 4 is 0 Å². The molecule has 1 aliphatic rings. The maximum Gasteiger partial charge on any atom is 0.141 e. The number of nitrogens with zero attached hydrogens (tertiary/aromatic N) is 3. The molecule has 1 radical (unpaired) electrons. The van der Waals surface area contributed by atoms with Crippen LogP contribution in [0.1, 0.15) is 0 Å². The van der Waals surface area contributed by atoms with E-state index in [0.29, 0.717) is 11.3 Å². The van der Waals surface area contributed by atoms with Crippen molar-refractivity contribution in [3.8, 4) is 12.1 Å². The van der Waals surface area contributed by atoms with Gasteiger partial charge in [0, 0.05) is 6.20 Å². The Hall–Kier alpha value is -1.74. The summed E-state index contributed by atoms with van der Waals surface area (Å²) in [5.74, 6) is 0. The van der Waals surface area contributed by atoms with E-state index in [9.17, 15) is 0 Å². The van der Waals surface area contributed by atoms with Crippen LogP contribution in [-0.2, 0) is 0 Å². The predicted molar refractivity (Wildman–Crippen MR) is 29.5 cm³/mol. The molecule has 1 heterocycles. The molecule has 0 saturated carbocycles. The highest BCUT2D eigenvalue weighted by Gasteiger charge is 2.04. The molecule has 9 heavy (non-hydrogen) atoms. The third kappa shape index (κ3) is 0.896. The van der Waals surface area contributed by atoms with E-state index < -0.39 is 0 Å². The van der Waals surface area contributed by atoms with Crippen LogP contribution in [0.25, 0.3) is 0 Å². The van der Waals surface area contributed by atoms with E-state index in [4.69, 9.17) is 10.5 Å². The van der Waals surface area contributed by atoms with Crippen LogP contribution in [0, 0.1) is 22.7 Å². The number of allylic oxidation sites excluding steroid dienone is 3. The van der Waals surface area contributed by atoms with Crippen molar-refractivity contribution in [3.05, 3.63) is 23.5 Å². The second-order valence-electron chi connectivity index (χ2n) is 1.47. The molecular weight excluding hydrogens is 114 g/mol. The first-order valence-corrected chi connectivity index (χ1v) is 2.30. The van der Waals surface area contributed by atoms with E-state index in [2.05, 4.69) is 5.32 Å². The van der Waals surface area contributed by atoms with E-state index in [1.165, 1.54) is 12.3 Å². The van der Waals surface area contributed by atoms with Crippen molar-refractivity contribution in [3.63, 3.8) is 0 Å². The number of nitriles is 2. The van der Waals surface area contributed by atoms with Gasteiger partial charge in [0.15, 0.2) is 0 Å². The van der Waals surface area contributed by atoms with Gasteiger partial charge in [-0.2, -0.15) is 10.5 Å². The first kappa shape index (κ1) is 5.40. The largest absolute Gasteiger partial charge is 0.244 e. The summed E-state index contributed by atoms with van der Waals surface area (Å²) in [5.41, 5.74) is 0.734. The maximum absolute atomic E-state index is 8.25. The van der Waals surface area contributed by atoms with Gasteiger partial charge < -0.3 is 0 Å². The van der Waals surface area contributed by atoms with Crippen LogP contribution in [0.5, 0.6) is 0 Å². The molecule has 0 aromatic heterocycles. The first-order chi connectivity index (χ1) is 4.36. The summed E-state index contributed by atoms with van der Waals surface area (Å²) in [5, 5.41) is 20.1. The topological polar surface area (TPSA) is 61.7 Å². The van der Waals surface area contributed by atoms with Gasteiger partial charge in [-0.1, -0.05) is 0 Å². The monoisotopic (exact) mass is 116 g/mol. The Labute approximate surface area is 52.5 Å². The highest BCUT2D eigenvalue weighted by Crippen LogP contribution is 2.06. The Kier molecular flexibility index (Phi) is 1.21. The van der Waals surface area contributed by atoms with Crippen molar-refractivity contribution in [1.82, 2.24) is 5.32 Å². The molecule has 0 unspecified atom stereocenters. The summed E-state index contributed by atoms with van der Waals surface area (Å²) in [6, 6.07) is 3.69. The molecule has 0 aromatic rings. The molecule has 0 bridgehead atoms. The van der Waals surface area contributed by atoms with Crippen LogP contribution in [0.15, 0.2) is 23.5 Å². The lowest BCUT2D eigenvalue weighted by molar-refractivity contribution is 1.12. The molecule has 0 amide bonds. The molecule has 0 N–H and O–H groups in total. The molecule has 0 aromatic carbocycles. The summed E-state index contributed by atoms with van der Waals surface area (Å²) in [6.45, 7) is 0. The number of rotatable bonds is 0. The van der Waals surface area contributed by atoms with Crippen LogP contribution < -0.4 is 5.32 Å². The third-order valence-electron chi connectivity index (χ3n) is 0.879. The number of hydrogen-bond donors (Lipinski definition) is 0. The summed E-state index contributed by atoms with van der Waals surface area (Å²) in [7, 11) is 0. The van der Waals surface area contributed by atoms with E-state index in [1.54, 1.807) is 0 Å². The normalized spacial score (nSPS) is 14.4. The SMILES string of the molecule is N#CC1=C[N]C(C#N)=C1. The summed E-state index contributed by atoms with van der Waals surface area (Å²) >= 11 is 0. The highest BCUT2D eigenvalue weighted by atomic mass is 14.9. The van der Waals surface area contributed by atoms with Crippen LogP contribution >= 0.6 is 0 Å². The Bertz CT molecular complexity index is 259. The molecule has 3 heteroatoms. The lowest BCUT2D eigenvalue weighted by Gasteiger charge is -1.77. The minimum absolute atomic E-state index is 0.298. The molecule has 1 rings (SSSR count). The summed E-state index contributed by atoms with van der Waals surface area (Å²) < 4.78 is 0. The zero-order chi connectivity index (χ0) is 6.69. The van der Waals surface area contributed by atoms with Crippen LogP contribution in [0.2, 0.25) is 0 Å². The predicted octanol–water partition coefficient (Wildman–Crippen LogP) is 0.419. The van der Waals surface area contributed by atoms with Gasteiger partial charge in [-0.15, -0.1) is 0 Å². The molecule has 0 spiro atoms. The molecule has 1 aliphatic heterocycles. The minimum Gasteiger partial charge on any atom is -0.244 e. The van der Waals surface area contributed by atoms with Gasteiger partial charge in [-0.05, 0) is 6.08 Å². The number of hydrogen-bond acceptors (Lipinski definition) is 2. The lowest BCUT2D eigenvalue weighted by atomic mass is 10.3. The van der Waals surface area contributed by atoms with Gasteiger partial charge in [0.1, 0.15) is 17.8 Å². The average molecular weight is 116 g/mol. The summed E-state index contributed by atoms with van der Waals surface area (Å²) in [4.78, 5) is 0. The fourth-order valence-corrected chi connectivity index (χ4v) is 0.483. The van der Waals surface area contributed by atoms with Crippen LogP contribution in [0.3, 0.4) is 0 Å². The molecule has 3 nitrogen and oxygen atoms in total. The lowest BCUT2D eigenvalue weighted by Crippen LogP contribution is -1.85. The smallest absolute Gasteiger partial charge is 0.141 e. The van der Waals surface area contributed by atoms with E-state index in [0.717, 1.165) is 0 Å². The Balaban J connectivity index is 2.80. The van der Waals surface area contributed by atoms with Gasteiger partial charge in [-0.3, -0.25) is 0 Å². The molecular formula is C6H2N3. The van der Waals surface area contributed by atoms with E-state index >= 15 is 0 Å². The van der Waals surface area contributed by atoms with Crippen LogP contribution in [0.4, 0.5) is 0 Å². The highest BCUT2D eigenvalue weighted by molar-refractivity contribution is 5.44. The molecule has 0 atom stereocenters. The Morgan fingerprint density at radius 3 is 2.44 bits per heavy atom. The van der Waals surface area contributed by atoms with Crippen molar-refractivity contribution < 1.29 is 0 Å². The van der Waals surface area contributed by atoms with Gasteiger partial charge in [0.05, 0.1) is 5.57 Å². The first-order valence-electron chi connectivity index (χ1n) is 2.30. The van der Waals surface area contributed by atoms with Gasteiger partial charge in [-0.25, -0.2) is 5.32 Å². The van der Waals surface area contributed by atoms with Gasteiger partial charge in [0.2, 0.25) is 0 Å². The van der Waals surface area contributed by atoms with E-state index in [-0.39, 0.29) is 0 Å². The maximum atomic E-state index is 8.25. The van der Waals surface area contributed by atoms with Crippen molar-refractivity contribution in [2.24, 2.45) is 0 Å².